The third-order valence-corrected chi connectivity index (χ3v) is 4.83. The predicted molar refractivity (Wildman–Crippen MR) is 107 cm³/mol. The van der Waals surface area contributed by atoms with Gasteiger partial charge in [0.2, 0.25) is 0 Å². The average molecular weight is 319 g/mol. The Morgan fingerprint density at radius 1 is 0.739 bits per heavy atom. The maximum Gasteiger partial charge on any atom is -0.0162 e. The van der Waals surface area contributed by atoms with Gasteiger partial charge in [-0.25, -0.2) is 0 Å². The van der Waals surface area contributed by atoms with Gasteiger partial charge in [0, 0.05) is 0 Å². The van der Waals surface area contributed by atoms with Crippen molar-refractivity contribution >= 4 is 0 Å². The zero-order valence-electron chi connectivity index (χ0n) is 16.1. The molecule has 1 atom stereocenters. The van der Waals surface area contributed by atoms with E-state index in [2.05, 4.69) is 25.8 Å². The molecule has 0 amide bonds. The van der Waals surface area contributed by atoms with Crippen LogP contribution in [0.1, 0.15) is 117 Å². The van der Waals surface area contributed by atoms with Crippen LogP contribution in [0.15, 0.2) is 12.2 Å². The van der Waals surface area contributed by atoms with E-state index < -0.39 is 0 Å². The lowest BCUT2D eigenvalue weighted by molar-refractivity contribution is 0.431. The molecule has 1 unspecified atom stereocenters. The first-order valence-electron chi connectivity index (χ1n) is 10.4. The van der Waals surface area contributed by atoms with Crippen LogP contribution >= 0.6 is 0 Å². The van der Waals surface area contributed by atoms with Crippen molar-refractivity contribution in [2.24, 2.45) is 5.92 Å². The summed E-state index contributed by atoms with van der Waals surface area (Å²) in [6, 6.07) is 0. The Morgan fingerprint density at radius 3 is 1.74 bits per heavy atom. The van der Waals surface area contributed by atoms with Crippen LogP contribution in [0.3, 0.4) is 0 Å². The minimum atomic E-state index is 0.948. The molecule has 134 valence electrons. The maximum absolute atomic E-state index is 5.17. The minimum Gasteiger partial charge on any atom is -0.115 e. The van der Waals surface area contributed by atoms with Crippen LogP contribution < -0.4 is 0 Å². The second-order valence-electron chi connectivity index (χ2n) is 7.28. The van der Waals surface area contributed by atoms with Gasteiger partial charge >= 0.3 is 0 Å². The molecule has 0 heterocycles. The molecule has 0 saturated heterocycles. The van der Waals surface area contributed by atoms with Crippen LogP contribution in [0.25, 0.3) is 0 Å². The third kappa shape index (κ3) is 19.3. The van der Waals surface area contributed by atoms with Gasteiger partial charge in [0.25, 0.3) is 0 Å². The highest BCUT2D eigenvalue weighted by Crippen LogP contribution is 2.18. The Morgan fingerprint density at radius 2 is 1.22 bits per heavy atom. The van der Waals surface area contributed by atoms with Crippen molar-refractivity contribution < 1.29 is 0 Å². The van der Waals surface area contributed by atoms with Gasteiger partial charge in [-0.05, 0) is 24.8 Å². The number of hydrogen-bond donors (Lipinski definition) is 0. The largest absolute Gasteiger partial charge is 0.115 e. The maximum atomic E-state index is 5.17. The van der Waals surface area contributed by atoms with Crippen molar-refractivity contribution in [2.45, 2.75) is 117 Å². The fourth-order valence-corrected chi connectivity index (χ4v) is 3.21. The highest BCUT2D eigenvalue weighted by molar-refractivity contribution is 5.08. The van der Waals surface area contributed by atoms with Gasteiger partial charge in [0.1, 0.15) is 0 Å². The first-order chi connectivity index (χ1) is 11.3. The van der Waals surface area contributed by atoms with E-state index in [1.807, 2.05) is 6.08 Å². The Labute approximate surface area is 147 Å². The Kier molecular flexibility index (Phi) is 18.8. The van der Waals surface area contributed by atoms with E-state index in [1.165, 1.54) is 96.3 Å². The van der Waals surface area contributed by atoms with E-state index in [4.69, 9.17) is 6.42 Å². The fraction of sp³-hybridized carbons (Fsp3) is 0.826. The number of terminal acetylenes is 1. The topological polar surface area (TPSA) is 0 Å². The molecule has 0 N–H and O–H groups in total. The van der Waals surface area contributed by atoms with Gasteiger partial charge in [-0.3, -0.25) is 0 Å². The lowest BCUT2D eigenvalue weighted by atomic mass is 9.96. The summed E-state index contributed by atoms with van der Waals surface area (Å²) in [5.41, 5.74) is 0. The summed E-state index contributed by atoms with van der Waals surface area (Å²) < 4.78 is 0. The van der Waals surface area contributed by atoms with Crippen molar-refractivity contribution in [3.8, 4) is 12.3 Å². The van der Waals surface area contributed by atoms with Crippen LogP contribution in [-0.2, 0) is 0 Å². The summed E-state index contributed by atoms with van der Waals surface area (Å²) in [7, 11) is 0. The van der Waals surface area contributed by atoms with Crippen LogP contribution in [-0.4, -0.2) is 0 Å². The molecular formula is C23H42. The Balaban J connectivity index is 3.16. The molecule has 0 saturated carbocycles. The minimum absolute atomic E-state index is 0.948. The van der Waals surface area contributed by atoms with E-state index in [0.29, 0.717) is 0 Å². The molecule has 0 aromatic carbocycles. The van der Waals surface area contributed by atoms with Gasteiger partial charge in [0.05, 0.1) is 0 Å². The van der Waals surface area contributed by atoms with Crippen LogP contribution in [0.2, 0.25) is 0 Å². The normalized spacial score (nSPS) is 12.6. The number of rotatable bonds is 17. The Hall–Kier alpha value is -0.700. The molecule has 0 aliphatic rings. The highest BCUT2D eigenvalue weighted by atomic mass is 14.1. The van der Waals surface area contributed by atoms with Crippen LogP contribution in [0.4, 0.5) is 0 Å². The standard InChI is InChI=1S/C23H42/c1-4-6-8-10-12-13-14-15-16-18-20-22-23(3)21-19-17-11-9-7-5-2/h1,6,8,23H,5,7,9-22H2,2-3H3/b8-6+. The predicted octanol–water partition coefficient (Wildman–Crippen LogP) is 8.07. The van der Waals surface area contributed by atoms with Crippen molar-refractivity contribution in [3.05, 3.63) is 12.2 Å². The summed E-state index contributed by atoms with van der Waals surface area (Å²) in [6.45, 7) is 4.75. The zero-order chi connectivity index (χ0) is 17.0. The molecular weight excluding hydrogens is 276 g/mol. The molecule has 0 aliphatic heterocycles. The summed E-state index contributed by atoms with van der Waals surface area (Å²) in [5, 5.41) is 0. The number of allylic oxidation sites excluding steroid dienone is 2. The van der Waals surface area contributed by atoms with Crippen LogP contribution in [0.5, 0.6) is 0 Å². The monoisotopic (exact) mass is 318 g/mol. The summed E-state index contributed by atoms with van der Waals surface area (Å²) in [5.74, 6) is 3.49. The molecule has 0 bridgehead atoms. The smallest absolute Gasteiger partial charge is 0.0162 e. The molecule has 0 fully saturated rings. The lowest BCUT2D eigenvalue weighted by Gasteiger charge is -2.11. The Bertz CT molecular complexity index is 281. The lowest BCUT2D eigenvalue weighted by Crippen LogP contribution is -1.95. The second-order valence-corrected chi connectivity index (χ2v) is 7.28. The van der Waals surface area contributed by atoms with E-state index >= 15 is 0 Å². The van der Waals surface area contributed by atoms with Crippen molar-refractivity contribution in [2.75, 3.05) is 0 Å². The van der Waals surface area contributed by atoms with E-state index in [1.54, 1.807) is 0 Å². The molecule has 0 rings (SSSR count). The molecule has 0 aliphatic carbocycles. The van der Waals surface area contributed by atoms with Crippen molar-refractivity contribution in [1.29, 1.82) is 0 Å². The quantitative estimate of drug-likeness (QED) is 0.188. The SMILES string of the molecule is C#C/C=C/CCCCCCCCCC(C)CCCCCCCC. The van der Waals surface area contributed by atoms with Crippen molar-refractivity contribution in [1.82, 2.24) is 0 Å². The average Bonchev–Trinajstić information content (AvgIpc) is 2.56. The van der Waals surface area contributed by atoms with E-state index in [-0.39, 0.29) is 0 Å². The van der Waals surface area contributed by atoms with Gasteiger partial charge in [-0.2, -0.15) is 0 Å². The highest BCUT2D eigenvalue weighted by Gasteiger charge is 2.02. The first-order valence-corrected chi connectivity index (χ1v) is 10.4. The summed E-state index contributed by atoms with van der Waals surface area (Å²) >= 11 is 0. The van der Waals surface area contributed by atoms with E-state index in [9.17, 15) is 0 Å². The second kappa shape index (κ2) is 19.3. The molecule has 0 aromatic rings. The molecule has 0 radical (unpaired) electrons. The van der Waals surface area contributed by atoms with Crippen molar-refractivity contribution in [3.63, 3.8) is 0 Å². The summed E-state index contributed by atoms with van der Waals surface area (Å²) in [6.07, 6.45) is 31.6. The molecule has 0 spiro atoms. The third-order valence-electron chi connectivity index (χ3n) is 4.83. The van der Waals surface area contributed by atoms with Gasteiger partial charge < -0.3 is 0 Å². The molecule has 0 heteroatoms. The van der Waals surface area contributed by atoms with Gasteiger partial charge in [-0.15, -0.1) is 6.42 Å². The molecule has 0 nitrogen and oxygen atoms in total. The summed E-state index contributed by atoms with van der Waals surface area (Å²) in [4.78, 5) is 0. The van der Waals surface area contributed by atoms with E-state index in [0.717, 1.165) is 12.3 Å². The van der Waals surface area contributed by atoms with Crippen LogP contribution in [0, 0.1) is 18.3 Å². The fourth-order valence-electron chi connectivity index (χ4n) is 3.21. The number of unbranched alkanes of at least 4 members (excludes halogenated alkanes) is 12. The molecule has 0 aromatic heterocycles. The zero-order valence-corrected chi connectivity index (χ0v) is 16.1. The molecule has 23 heavy (non-hydrogen) atoms. The van der Waals surface area contributed by atoms with Gasteiger partial charge in [0.15, 0.2) is 0 Å². The first kappa shape index (κ1) is 22.3. The van der Waals surface area contributed by atoms with Gasteiger partial charge in [-0.1, -0.05) is 116 Å². The number of hydrogen-bond acceptors (Lipinski definition) is 0.